The molecule has 4 heterocycles. The number of rotatable bonds is 4. The standard InChI is InChI=1S/C18H24N4O/c1-13-17(14(2)23-20-13)11-21-7-5-16-10-22(18(16)12-21)9-15-4-3-6-19-8-15/h3-4,6,8,16,18H,5,7,9-12H2,1-2H3. The van der Waals surface area contributed by atoms with Crippen LogP contribution in [0.5, 0.6) is 0 Å². The van der Waals surface area contributed by atoms with Crippen LogP contribution >= 0.6 is 0 Å². The van der Waals surface area contributed by atoms with Gasteiger partial charge >= 0.3 is 0 Å². The van der Waals surface area contributed by atoms with Gasteiger partial charge in [0.1, 0.15) is 5.76 Å². The van der Waals surface area contributed by atoms with E-state index in [1.54, 1.807) is 0 Å². The van der Waals surface area contributed by atoms with Crippen molar-refractivity contribution in [1.29, 1.82) is 0 Å². The van der Waals surface area contributed by atoms with E-state index in [0.29, 0.717) is 6.04 Å². The third-order valence-corrected chi connectivity index (χ3v) is 5.41. The first-order chi connectivity index (χ1) is 11.2. The Bertz CT molecular complexity index is 649. The summed E-state index contributed by atoms with van der Waals surface area (Å²) in [5, 5.41) is 4.08. The number of hydrogen-bond donors (Lipinski definition) is 0. The number of likely N-dealkylation sites (tertiary alicyclic amines) is 2. The Morgan fingerprint density at radius 1 is 1.26 bits per heavy atom. The van der Waals surface area contributed by atoms with Gasteiger partial charge in [0.05, 0.1) is 5.69 Å². The second kappa shape index (κ2) is 6.06. The first kappa shape index (κ1) is 14.8. The Labute approximate surface area is 137 Å². The van der Waals surface area contributed by atoms with E-state index >= 15 is 0 Å². The molecular formula is C18H24N4O. The van der Waals surface area contributed by atoms with E-state index in [4.69, 9.17) is 4.52 Å². The SMILES string of the molecule is Cc1noc(C)c1CN1CCC2CN(Cc3cccnc3)C2C1. The highest BCUT2D eigenvalue weighted by Crippen LogP contribution is 2.34. The lowest BCUT2D eigenvalue weighted by Crippen LogP contribution is -2.63. The zero-order chi connectivity index (χ0) is 15.8. The number of aryl methyl sites for hydroxylation is 2. The maximum atomic E-state index is 5.30. The van der Waals surface area contributed by atoms with Crippen molar-refractivity contribution in [3.05, 3.63) is 47.1 Å². The van der Waals surface area contributed by atoms with E-state index in [1.165, 1.54) is 30.6 Å². The molecule has 0 saturated carbocycles. The minimum absolute atomic E-state index is 0.685. The molecule has 2 aliphatic rings. The Balaban J connectivity index is 1.39. The first-order valence-corrected chi connectivity index (χ1v) is 8.48. The van der Waals surface area contributed by atoms with E-state index in [2.05, 4.69) is 26.0 Å². The van der Waals surface area contributed by atoms with Crippen LogP contribution in [0, 0.1) is 19.8 Å². The number of pyridine rings is 1. The van der Waals surface area contributed by atoms with Crippen LogP contribution in [0.2, 0.25) is 0 Å². The minimum Gasteiger partial charge on any atom is -0.361 e. The molecule has 0 bridgehead atoms. The molecule has 0 spiro atoms. The molecular weight excluding hydrogens is 288 g/mol. The van der Waals surface area contributed by atoms with E-state index in [1.807, 2.05) is 32.3 Å². The fourth-order valence-corrected chi connectivity index (χ4v) is 3.97. The quantitative estimate of drug-likeness (QED) is 0.867. The molecule has 2 aliphatic heterocycles. The predicted molar refractivity (Wildman–Crippen MR) is 87.8 cm³/mol. The van der Waals surface area contributed by atoms with Crippen molar-refractivity contribution in [2.45, 2.75) is 39.4 Å². The molecule has 0 radical (unpaired) electrons. The molecule has 4 rings (SSSR count). The molecule has 5 heteroatoms. The van der Waals surface area contributed by atoms with Crippen LogP contribution < -0.4 is 0 Å². The van der Waals surface area contributed by atoms with Crippen LogP contribution in [0.4, 0.5) is 0 Å². The van der Waals surface area contributed by atoms with Crippen molar-refractivity contribution < 1.29 is 4.52 Å². The van der Waals surface area contributed by atoms with Gasteiger partial charge in [-0.1, -0.05) is 11.2 Å². The van der Waals surface area contributed by atoms with Crippen LogP contribution in [0.3, 0.4) is 0 Å². The van der Waals surface area contributed by atoms with Gasteiger partial charge in [0.2, 0.25) is 0 Å². The van der Waals surface area contributed by atoms with E-state index in [0.717, 1.165) is 37.0 Å². The normalized spacial score (nSPS) is 25.1. The van der Waals surface area contributed by atoms with Crippen molar-refractivity contribution in [3.63, 3.8) is 0 Å². The van der Waals surface area contributed by atoms with Crippen molar-refractivity contribution in [2.75, 3.05) is 19.6 Å². The number of hydrogen-bond acceptors (Lipinski definition) is 5. The highest BCUT2D eigenvalue weighted by atomic mass is 16.5. The molecule has 2 saturated heterocycles. The molecule has 0 aliphatic carbocycles. The van der Waals surface area contributed by atoms with E-state index < -0.39 is 0 Å². The lowest BCUT2D eigenvalue weighted by molar-refractivity contribution is -0.0516. The summed E-state index contributed by atoms with van der Waals surface area (Å²) < 4.78 is 5.30. The average Bonchev–Trinajstić information content (AvgIpc) is 2.87. The molecule has 122 valence electrons. The zero-order valence-electron chi connectivity index (χ0n) is 13.9. The molecule has 23 heavy (non-hydrogen) atoms. The summed E-state index contributed by atoms with van der Waals surface area (Å²) in [6.07, 6.45) is 5.13. The molecule has 0 N–H and O–H groups in total. The Kier molecular flexibility index (Phi) is 3.91. The molecule has 2 aromatic rings. The molecule has 2 atom stereocenters. The van der Waals surface area contributed by atoms with Crippen LogP contribution in [-0.2, 0) is 13.1 Å². The summed E-state index contributed by atoms with van der Waals surface area (Å²) in [6, 6.07) is 4.88. The summed E-state index contributed by atoms with van der Waals surface area (Å²) in [6.45, 7) is 9.61. The number of piperidine rings is 1. The molecule has 5 nitrogen and oxygen atoms in total. The Morgan fingerprint density at radius 2 is 2.17 bits per heavy atom. The van der Waals surface area contributed by atoms with Gasteiger partial charge in [-0.25, -0.2) is 0 Å². The van der Waals surface area contributed by atoms with Crippen molar-refractivity contribution in [3.8, 4) is 0 Å². The highest BCUT2D eigenvalue weighted by Gasteiger charge is 2.42. The summed E-state index contributed by atoms with van der Waals surface area (Å²) in [5.74, 6) is 1.83. The van der Waals surface area contributed by atoms with Crippen LogP contribution in [-0.4, -0.2) is 45.6 Å². The molecule has 2 fully saturated rings. The fourth-order valence-electron chi connectivity index (χ4n) is 3.97. The van der Waals surface area contributed by atoms with Gasteiger partial charge in [0.15, 0.2) is 0 Å². The number of nitrogens with zero attached hydrogens (tertiary/aromatic N) is 4. The zero-order valence-corrected chi connectivity index (χ0v) is 13.9. The third-order valence-electron chi connectivity index (χ3n) is 5.41. The van der Waals surface area contributed by atoms with Gasteiger partial charge in [-0.05, 0) is 44.4 Å². The maximum absolute atomic E-state index is 5.30. The van der Waals surface area contributed by atoms with Crippen molar-refractivity contribution >= 4 is 0 Å². The lowest BCUT2D eigenvalue weighted by Gasteiger charge is -2.53. The molecule has 0 amide bonds. The maximum Gasteiger partial charge on any atom is 0.138 e. The third kappa shape index (κ3) is 2.91. The lowest BCUT2D eigenvalue weighted by atomic mass is 9.82. The van der Waals surface area contributed by atoms with Gasteiger partial charge < -0.3 is 4.52 Å². The first-order valence-electron chi connectivity index (χ1n) is 8.48. The van der Waals surface area contributed by atoms with Crippen LogP contribution in [0.25, 0.3) is 0 Å². The predicted octanol–water partition coefficient (Wildman–Crippen LogP) is 2.39. The smallest absolute Gasteiger partial charge is 0.138 e. The Morgan fingerprint density at radius 3 is 2.91 bits per heavy atom. The monoisotopic (exact) mass is 312 g/mol. The average molecular weight is 312 g/mol. The highest BCUT2D eigenvalue weighted by molar-refractivity contribution is 5.21. The minimum atomic E-state index is 0.685. The summed E-state index contributed by atoms with van der Waals surface area (Å²) in [5.41, 5.74) is 3.61. The topological polar surface area (TPSA) is 45.4 Å². The Hall–Kier alpha value is -1.72. The van der Waals surface area contributed by atoms with Gasteiger partial charge in [-0.3, -0.25) is 14.8 Å². The van der Waals surface area contributed by atoms with Gasteiger partial charge in [-0.15, -0.1) is 0 Å². The summed E-state index contributed by atoms with van der Waals surface area (Å²) in [7, 11) is 0. The van der Waals surface area contributed by atoms with Gasteiger partial charge in [0, 0.05) is 50.2 Å². The fraction of sp³-hybridized carbons (Fsp3) is 0.556. The summed E-state index contributed by atoms with van der Waals surface area (Å²) >= 11 is 0. The van der Waals surface area contributed by atoms with Crippen LogP contribution in [0.1, 0.15) is 29.0 Å². The van der Waals surface area contributed by atoms with Gasteiger partial charge in [0.25, 0.3) is 0 Å². The summed E-state index contributed by atoms with van der Waals surface area (Å²) in [4.78, 5) is 9.39. The van der Waals surface area contributed by atoms with Gasteiger partial charge in [-0.2, -0.15) is 0 Å². The molecule has 2 unspecified atom stereocenters. The largest absolute Gasteiger partial charge is 0.361 e. The molecule has 2 aromatic heterocycles. The van der Waals surface area contributed by atoms with Crippen molar-refractivity contribution in [2.24, 2.45) is 5.92 Å². The van der Waals surface area contributed by atoms with E-state index in [9.17, 15) is 0 Å². The number of fused-ring (bicyclic) bond motifs is 1. The van der Waals surface area contributed by atoms with E-state index in [-0.39, 0.29) is 0 Å². The van der Waals surface area contributed by atoms with Crippen molar-refractivity contribution in [1.82, 2.24) is 19.9 Å². The second-order valence-corrected chi connectivity index (χ2v) is 6.94. The second-order valence-electron chi connectivity index (χ2n) is 6.94. The molecule has 0 aromatic carbocycles. The number of aromatic nitrogens is 2. The van der Waals surface area contributed by atoms with Crippen LogP contribution in [0.15, 0.2) is 29.0 Å².